The second kappa shape index (κ2) is 5.82. The molecule has 2 N–H and O–H groups in total. The lowest BCUT2D eigenvalue weighted by molar-refractivity contribution is 0.0913. The lowest BCUT2D eigenvalue weighted by atomic mass is 10.1. The first-order valence-electron chi connectivity index (χ1n) is 5.99. The Morgan fingerprint density at radius 2 is 2.18 bits per heavy atom. The van der Waals surface area contributed by atoms with Gasteiger partial charge < -0.3 is 10.4 Å². The quantitative estimate of drug-likeness (QED) is 0.809. The Hall–Kier alpha value is -1.36. The molecule has 0 aliphatic carbocycles. The van der Waals surface area contributed by atoms with Gasteiger partial charge in [-0.15, -0.1) is 0 Å². The SMILES string of the molecule is CCn1nc(C(C)C)cc1C(=O)NCC(C)O. The largest absolute Gasteiger partial charge is 0.392 e. The molecule has 0 radical (unpaired) electrons. The first kappa shape index (κ1) is 13.7. The third kappa shape index (κ3) is 3.56. The monoisotopic (exact) mass is 239 g/mol. The minimum absolute atomic E-state index is 0.188. The molecule has 17 heavy (non-hydrogen) atoms. The summed E-state index contributed by atoms with van der Waals surface area (Å²) in [6.45, 7) is 8.58. The molecule has 0 spiro atoms. The van der Waals surface area contributed by atoms with Crippen LogP contribution in [0.25, 0.3) is 0 Å². The fraction of sp³-hybridized carbons (Fsp3) is 0.667. The van der Waals surface area contributed by atoms with Crippen molar-refractivity contribution in [1.29, 1.82) is 0 Å². The number of aromatic nitrogens is 2. The number of carbonyl (C=O) groups excluding carboxylic acids is 1. The van der Waals surface area contributed by atoms with E-state index in [2.05, 4.69) is 10.4 Å². The molecule has 1 amide bonds. The highest BCUT2D eigenvalue weighted by atomic mass is 16.3. The van der Waals surface area contributed by atoms with E-state index in [0.29, 0.717) is 18.2 Å². The normalized spacial score (nSPS) is 12.8. The van der Waals surface area contributed by atoms with Crippen LogP contribution in [0.15, 0.2) is 6.07 Å². The van der Waals surface area contributed by atoms with Crippen LogP contribution in [0.5, 0.6) is 0 Å². The summed E-state index contributed by atoms with van der Waals surface area (Å²) in [5, 5.41) is 16.2. The molecular weight excluding hydrogens is 218 g/mol. The van der Waals surface area contributed by atoms with Gasteiger partial charge >= 0.3 is 0 Å². The van der Waals surface area contributed by atoms with Crippen LogP contribution in [-0.4, -0.2) is 33.4 Å². The van der Waals surface area contributed by atoms with E-state index in [4.69, 9.17) is 5.11 Å². The topological polar surface area (TPSA) is 67.2 Å². The zero-order valence-electron chi connectivity index (χ0n) is 10.9. The van der Waals surface area contributed by atoms with Crippen LogP contribution in [-0.2, 0) is 6.54 Å². The number of rotatable bonds is 5. The molecule has 0 aromatic carbocycles. The van der Waals surface area contributed by atoms with Gasteiger partial charge in [0.25, 0.3) is 5.91 Å². The number of hydrogen-bond donors (Lipinski definition) is 2. The molecule has 1 rings (SSSR count). The van der Waals surface area contributed by atoms with Crippen molar-refractivity contribution >= 4 is 5.91 Å². The van der Waals surface area contributed by atoms with Crippen LogP contribution in [0.4, 0.5) is 0 Å². The van der Waals surface area contributed by atoms with E-state index in [0.717, 1.165) is 5.69 Å². The van der Waals surface area contributed by atoms with Crippen molar-refractivity contribution in [1.82, 2.24) is 15.1 Å². The van der Waals surface area contributed by atoms with Gasteiger partial charge in [0.05, 0.1) is 11.8 Å². The van der Waals surface area contributed by atoms with Crippen molar-refractivity contribution in [3.8, 4) is 0 Å². The molecule has 96 valence electrons. The maximum absolute atomic E-state index is 11.9. The molecule has 1 aromatic rings. The maximum atomic E-state index is 11.9. The lowest BCUT2D eigenvalue weighted by Crippen LogP contribution is -2.32. The number of hydrogen-bond acceptors (Lipinski definition) is 3. The summed E-state index contributed by atoms with van der Waals surface area (Å²) in [5.41, 5.74) is 1.46. The van der Waals surface area contributed by atoms with Crippen LogP contribution < -0.4 is 5.32 Å². The zero-order chi connectivity index (χ0) is 13.0. The average Bonchev–Trinajstić information content (AvgIpc) is 2.69. The summed E-state index contributed by atoms with van der Waals surface area (Å²) in [6, 6.07) is 1.81. The first-order chi connectivity index (χ1) is 7.95. The predicted octanol–water partition coefficient (Wildman–Crippen LogP) is 1.14. The minimum atomic E-state index is -0.540. The van der Waals surface area contributed by atoms with E-state index < -0.39 is 6.10 Å². The smallest absolute Gasteiger partial charge is 0.269 e. The van der Waals surface area contributed by atoms with Crippen LogP contribution in [0, 0.1) is 0 Å². The van der Waals surface area contributed by atoms with E-state index in [1.165, 1.54) is 0 Å². The highest BCUT2D eigenvalue weighted by molar-refractivity contribution is 5.92. The third-order valence-electron chi connectivity index (χ3n) is 2.48. The van der Waals surface area contributed by atoms with Crippen molar-refractivity contribution in [2.75, 3.05) is 6.54 Å². The predicted molar refractivity (Wildman–Crippen MR) is 66.0 cm³/mol. The van der Waals surface area contributed by atoms with Crippen LogP contribution in [0.3, 0.4) is 0 Å². The molecule has 1 aromatic heterocycles. The number of nitrogens with zero attached hydrogens (tertiary/aromatic N) is 2. The number of aliphatic hydroxyl groups excluding tert-OH is 1. The minimum Gasteiger partial charge on any atom is -0.392 e. The molecule has 0 aliphatic heterocycles. The van der Waals surface area contributed by atoms with E-state index in [1.807, 2.05) is 26.8 Å². The summed E-state index contributed by atoms with van der Waals surface area (Å²) in [6.07, 6.45) is -0.540. The Morgan fingerprint density at radius 3 is 2.65 bits per heavy atom. The molecule has 0 aliphatic rings. The van der Waals surface area contributed by atoms with E-state index in [1.54, 1.807) is 11.6 Å². The molecule has 1 atom stereocenters. The summed E-state index contributed by atoms with van der Waals surface area (Å²) in [4.78, 5) is 11.9. The van der Waals surface area contributed by atoms with Crippen molar-refractivity contribution in [2.24, 2.45) is 0 Å². The lowest BCUT2D eigenvalue weighted by Gasteiger charge is -2.07. The van der Waals surface area contributed by atoms with E-state index in [9.17, 15) is 4.79 Å². The summed E-state index contributed by atoms with van der Waals surface area (Å²) < 4.78 is 1.69. The highest BCUT2D eigenvalue weighted by Crippen LogP contribution is 2.14. The van der Waals surface area contributed by atoms with E-state index in [-0.39, 0.29) is 12.5 Å². The van der Waals surface area contributed by atoms with Gasteiger partial charge in [-0.05, 0) is 25.8 Å². The third-order valence-corrected chi connectivity index (χ3v) is 2.48. The van der Waals surface area contributed by atoms with E-state index >= 15 is 0 Å². The molecule has 5 heteroatoms. The molecule has 0 fully saturated rings. The van der Waals surface area contributed by atoms with Crippen molar-refractivity contribution in [2.45, 2.75) is 46.3 Å². The number of amides is 1. The molecular formula is C12H21N3O2. The van der Waals surface area contributed by atoms with Gasteiger partial charge in [-0.2, -0.15) is 5.10 Å². The summed E-state index contributed by atoms with van der Waals surface area (Å²) in [5.74, 6) is 0.110. The zero-order valence-corrected chi connectivity index (χ0v) is 10.9. The van der Waals surface area contributed by atoms with Crippen molar-refractivity contribution in [3.05, 3.63) is 17.5 Å². The van der Waals surface area contributed by atoms with Crippen LogP contribution >= 0.6 is 0 Å². The number of aryl methyl sites for hydroxylation is 1. The second-order valence-corrected chi connectivity index (χ2v) is 4.48. The number of carbonyl (C=O) groups is 1. The standard InChI is InChI=1S/C12H21N3O2/c1-5-15-11(6-10(14-15)8(2)3)12(17)13-7-9(4)16/h6,8-9,16H,5,7H2,1-4H3,(H,13,17). The van der Waals surface area contributed by atoms with Gasteiger partial charge in [-0.3, -0.25) is 9.48 Å². The van der Waals surface area contributed by atoms with Crippen LogP contribution in [0.2, 0.25) is 0 Å². The average molecular weight is 239 g/mol. The Morgan fingerprint density at radius 1 is 1.53 bits per heavy atom. The maximum Gasteiger partial charge on any atom is 0.269 e. The second-order valence-electron chi connectivity index (χ2n) is 4.48. The molecule has 0 saturated carbocycles. The van der Waals surface area contributed by atoms with Gasteiger partial charge in [0.1, 0.15) is 5.69 Å². The molecule has 0 bridgehead atoms. The fourth-order valence-electron chi connectivity index (χ4n) is 1.47. The van der Waals surface area contributed by atoms with Gasteiger partial charge in [0.2, 0.25) is 0 Å². The Balaban J connectivity index is 2.84. The molecule has 0 saturated heterocycles. The highest BCUT2D eigenvalue weighted by Gasteiger charge is 2.16. The van der Waals surface area contributed by atoms with Crippen molar-refractivity contribution < 1.29 is 9.90 Å². The van der Waals surface area contributed by atoms with Crippen molar-refractivity contribution in [3.63, 3.8) is 0 Å². The van der Waals surface area contributed by atoms with Gasteiger partial charge in [-0.25, -0.2) is 0 Å². The summed E-state index contributed by atoms with van der Waals surface area (Å²) >= 11 is 0. The molecule has 5 nitrogen and oxygen atoms in total. The Labute approximate surface area is 102 Å². The Bertz CT molecular complexity index is 383. The first-order valence-corrected chi connectivity index (χ1v) is 5.99. The number of aliphatic hydroxyl groups is 1. The number of nitrogens with one attached hydrogen (secondary N) is 1. The van der Waals surface area contributed by atoms with Gasteiger partial charge in [0.15, 0.2) is 0 Å². The van der Waals surface area contributed by atoms with Gasteiger partial charge in [-0.1, -0.05) is 13.8 Å². The van der Waals surface area contributed by atoms with Crippen LogP contribution in [0.1, 0.15) is 49.8 Å². The molecule has 1 heterocycles. The van der Waals surface area contributed by atoms with Gasteiger partial charge in [0, 0.05) is 13.1 Å². The summed E-state index contributed by atoms with van der Waals surface area (Å²) in [7, 11) is 0. The molecule has 1 unspecified atom stereocenters. The Kier molecular flexibility index (Phi) is 4.69. The fourth-order valence-corrected chi connectivity index (χ4v) is 1.47.